The highest BCUT2D eigenvalue weighted by atomic mass is 14.9. The van der Waals surface area contributed by atoms with Crippen LogP contribution in [0.4, 0.5) is 0 Å². The van der Waals surface area contributed by atoms with Gasteiger partial charge in [0.2, 0.25) is 0 Å². The second-order valence-electron chi connectivity index (χ2n) is 10.6. The van der Waals surface area contributed by atoms with Gasteiger partial charge in [0.25, 0.3) is 0 Å². The highest BCUT2D eigenvalue weighted by Crippen LogP contribution is 2.38. The van der Waals surface area contributed by atoms with Gasteiger partial charge in [0.05, 0.1) is 22.1 Å². The maximum absolute atomic E-state index is 4.95. The molecule has 5 nitrogen and oxygen atoms in total. The largest absolute Gasteiger partial charge is 0.342 e. The maximum atomic E-state index is 4.95. The van der Waals surface area contributed by atoms with Gasteiger partial charge in [-0.25, -0.2) is 9.97 Å². The first-order valence-corrected chi connectivity index (χ1v) is 13.1. The highest BCUT2D eigenvalue weighted by molar-refractivity contribution is 6.23. The highest BCUT2D eigenvalue weighted by Gasteiger charge is 2.16. The number of rotatable bonds is 2. The third kappa shape index (κ3) is 2.96. The summed E-state index contributed by atoms with van der Waals surface area (Å²) in [6.45, 7) is 6.34. The number of H-pyrrole nitrogens is 2. The smallest absolute Gasteiger partial charge is 0.109 e. The molecule has 8 rings (SSSR count). The molecule has 0 bridgehead atoms. The minimum Gasteiger partial charge on any atom is -0.342 e. The van der Waals surface area contributed by atoms with E-state index in [1.807, 2.05) is 19.3 Å². The van der Waals surface area contributed by atoms with Gasteiger partial charge in [-0.3, -0.25) is 4.98 Å². The zero-order valence-electron chi connectivity index (χ0n) is 21.4. The monoisotopic (exact) mass is 491 g/mol. The molecule has 5 aromatic carbocycles. The van der Waals surface area contributed by atoms with Crippen LogP contribution in [-0.4, -0.2) is 24.9 Å². The molecule has 0 spiro atoms. The minimum absolute atomic E-state index is 0.324. The predicted octanol–water partition coefficient (Wildman–Crippen LogP) is 8.55. The molecule has 8 aromatic rings. The number of hydrogen-bond acceptors (Lipinski definition) is 3. The summed E-state index contributed by atoms with van der Waals surface area (Å²) in [4.78, 5) is 21.1. The SMILES string of the molecule is Cc1nc2c(ccc3c4ccc(-c5ccc6c(c5)c5ccncc5c5nc(C(C)C)[nH]c65)cc4ccc32)[nH]1. The number of benzene rings is 5. The number of pyridine rings is 1. The van der Waals surface area contributed by atoms with Gasteiger partial charge >= 0.3 is 0 Å². The molecule has 182 valence electrons. The van der Waals surface area contributed by atoms with Crippen molar-refractivity contribution < 1.29 is 0 Å². The summed E-state index contributed by atoms with van der Waals surface area (Å²) in [6.07, 6.45) is 3.81. The van der Waals surface area contributed by atoms with Crippen molar-refractivity contribution in [3.63, 3.8) is 0 Å². The van der Waals surface area contributed by atoms with Crippen LogP contribution < -0.4 is 0 Å². The number of aromatic nitrogens is 5. The van der Waals surface area contributed by atoms with Crippen LogP contribution in [0.25, 0.3) is 76.3 Å². The van der Waals surface area contributed by atoms with E-state index in [1.165, 1.54) is 48.8 Å². The fraction of sp³-hybridized carbons (Fsp3) is 0.121. The zero-order chi connectivity index (χ0) is 25.5. The Kier molecular flexibility index (Phi) is 4.28. The van der Waals surface area contributed by atoms with Gasteiger partial charge in [0, 0.05) is 34.5 Å². The average Bonchev–Trinajstić information content (AvgIpc) is 3.56. The van der Waals surface area contributed by atoms with Gasteiger partial charge in [-0.1, -0.05) is 56.3 Å². The van der Waals surface area contributed by atoms with Crippen molar-refractivity contribution in [1.29, 1.82) is 0 Å². The van der Waals surface area contributed by atoms with E-state index in [-0.39, 0.29) is 0 Å². The van der Waals surface area contributed by atoms with E-state index < -0.39 is 0 Å². The number of aryl methyl sites for hydroxylation is 1. The first-order chi connectivity index (χ1) is 18.5. The fourth-order valence-corrected chi connectivity index (χ4v) is 5.96. The Hall–Kier alpha value is -4.77. The Labute approximate surface area is 218 Å². The third-order valence-electron chi connectivity index (χ3n) is 7.84. The van der Waals surface area contributed by atoms with Crippen molar-refractivity contribution in [2.45, 2.75) is 26.7 Å². The standard InChI is InChI=1S/C33H25N5/c1-17(2)33-37-31-26-8-5-20(15-27(26)24-12-13-34-16-28(24)32(31)38-33)19-4-7-22-21(14-19)6-9-25-23(22)10-11-29-30(25)36-18(3)35-29/h4-17H,1-3H3,(H,35,36)(H,37,38). The van der Waals surface area contributed by atoms with Gasteiger partial charge in [-0.05, 0) is 69.2 Å². The van der Waals surface area contributed by atoms with Crippen LogP contribution in [0.5, 0.6) is 0 Å². The first-order valence-electron chi connectivity index (χ1n) is 13.1. The first kappa shape index (κ1) is 21.3. The quantitative estimate of drug-likeness (QED) is 0.238. The van der Waals surface area contributed by atoms with E-state index in [2.05, 4.69) is 95.5 Å². The molecule has 2 N–H and O–H groups in total. The molecule has 0 saturated heterocycles. The van der Waals surface area contributed by atoms with Crippen LogP contribution in [0.1, 0.15) is 31.4 Å². The van der Waals surface area contributed by atoms with Gasteiger partial charge in [-0.15, -0.1) is 0 Å². The Bertz CT molecular complexity index is 2230. The molecular formula is C33H25N5. The lowest BCUT2D eigenvalue weighted by Crippen LogP contribution is -1.88. The Morgan fingerprint density at radius 2 is 1.39 bits per heavy atom. The number of fused-ring (bicyclic) bond motifs is 11. The molecule has 0 unspecified atom stereocenters. The molecule has 0 fully saturated rings. The van der Waals surface area contributed by atoms with Crippen LogP contribution in [0, 0.1) is 6.92 Å². The van der Waals surface area contributed by atoms with Crippen LogP contribution in [0.3, 0.4) is 0 Å². The fourth-order valence-electron chi connectivity index (χ4n) is 5.96. The Balaban J connectivity index is 1.35. The number of hydrogen-bond donors (Lipinski definition) is 2. The summed E-state index contributed by atoms with van der Waals surface area (Å²) in [7, 11) is 0. The number of imidazole rings is 2. The molecular weight excluding hydrogens is 466 g/mol. The zero-order valence-corrected chi connectivity index (χ0v) is 21.4. The second kappa shape index (κ2) is 7.62. The van der Waals surface area contributed by atoms with E-state index in [9.17, 15) is 0 Å². The summed E-state index contributed by atoms with van der Waals surface area (Å²) in [5.41, 5.74) is 6.59. The maximum Gasteiger partial charge on any atom is 0.109 e. The summed E-state index contributed by atoms with van der Waals surface area (Å²) in [6, 6.07) is 24.4. The lowest BCUT2D eigenvalue weighted by Gasteiger charge is -2.10. The van der Waals surface area contributed by atoms with E-state index in [0.29, 0.717) is 5.92 Å². The Morgan fingerprint density at radius 3 is 2.26 bits per heavy atom. The topological polar surface area (TPSA) is 70.2 Å². The molecule has 0 amide bonds. The number of aromatic amines is 2. The molecule has 0 aliphatic rings. The van der Waals surface area contributed by atoms with Crippen LogP contribution in [0.15, 0.2) is 79.1 Å². The lowest BCUT2D eigenvalue weighted by atomic mass is 9.94. The van der Waals surface area contributed by atoms with E-state index in [4.69, 9.17) is 9.97 Å². The summed E-state index contributed by atoms with van der Waals surface area (Å²) < 4.78 is 0. The molecule has 0 aliphatic heterocycles. The van der Waals surface area contributed by atoms with Crippen molar-refractivity contribution in [3.8, 4) is 11.1 Å². The average molecular weight is 492 g/mol. The van der Waals surface area contributed by atoms with Gasteiger partial charge in [-0.2, -0.15) is 0 Å². The minimum atomic E-state index is 0.324. The molecule has 3 aromatic heterocycles. The predicted molar refractivity (Wildman–Crippen MR) is 158 cm³/mol. The number of nitrogens with one attached hydrogen (secondary N) is 2. The third-order valence-corrected chi connectivity index (χ3v) is 7.84. The van der Waals surface area contributed by atoms with Crippen LogP contribution in [0.2, 0.25) is 0 Å². The van der Waals surface area contributed by atoms with Crippen LogP contribution in [-0.2, 0) is 0 Å². The van der Waals surface area contributed by atoms with Gasteiger partial charge in [0.15, 0.2) is 0 Å². The van der Waals surface area contributed by atoms with E-state index in [0.717, 1.165) is 39.1 Å². The van der Waals surface area contributed by atoms with E-state index in [1.54, 1.807) is 0 Å². The van der Waals surface area contributed by atoms with Gasteiger partial charge in [0.1, 0.15) is 11.6 Å². The second-order valence-corrected chi connectivity index (χ2v) is 10.6. The summed E-state index contributed by atoms with van der Waals surface area (Å²) in [5, 5.41) is 9.53. The van der Waals surface area contributed by atoms with Crippen molar-refractivity contribution in [1.82, 2.24) is 24.9 Å². The normalized spacial score (nSPS) is 12.3. The van der Waals surface area contributed by atoms with Gasteiger partial charge < -0.3 is 9.97 Å². The van der Waals surface area contributed by atoms with Crippen molar-refractivity contribution in [3.05, 3.63) is 90.8 Å². The number of nitrogens with zero attached hydrogens (tertiary/aromatic N) is 3. The molecule has 0 atom stereocenters. The summed E-state index contributed by atoms with van der Waals surface area (Å²) >= 11 is 0. The van der Waals surface area contributed by atoms with Crippen molar-refractivity contribution in [2.75, 3.05) is 0 Å². The molecule has 3 heterocycles. The van der Waals surface area contributed by atoms with Crippen molar-refractivity contribution >= 4 is 65.2 Å². The lowest BCUT2D eigenvalue weighted by molar-refractivity contribution is 0.799. The van der Waals surface area contributed by atoms with Crippen LogP contribution >= 0.6 is 0 Å². The molecule has 0 saturated carbocycles. The van der Waals surface area contributed by atoms with Crippen molar-refractivity contribution in [2.24, 2.45) is 0 Å². The molecule has 5 heteroatoms. The molecule has 38 heavy (non-hydrogen) atoms. The molecule has 0 radical (unpaired) electrons. The molecule has 0 aliphatic carbocycles. The van der Waals surface area contributed by atoms with E-state index >= 15 is 0 Å². The summed E-state index contributed by atoms with van der Waals surface area (Å²) in [5.74, 6) is 2.27. The Morgan fingerprint density at radius 1 is 0.632 bits per heavy atom.